The van der Waals surface area contributed by atoms with E-state index in [2.05, 4.69) is 5.32 Å². The highest BCUT2D eigenvalue weighted by Crippen LogP contribution is 2.32. The summed E-state index contributed by atoms with van der Waals surface area (Å²) in [6.07, 6.45) is 3.85. The van der Waals surface area contributed by atoms with Crippen molar-refractivity contribution in [2.24, 2.45) is 11.8 Å². The van der Waals surface area contributed by atoms with Crippen molar-refractivity contribution in [1.29, 1.82) is 0 Å². The zero-order valence-electron chi connectivity index (χ0n) is 10.2. The van der Waals surface area contributed by atoms with Crippen molar-refractivity contribution >= 4 is 12.0 Å². The number of carbonyl (C=O) groups excluding carboxylic acids is 1. The van der Waals surface area contributed by atoms with Crippen molar-refractivity contribution in [3.8, 4) is 0 Å². The minimum atomic E-state index is -0.794. The van der Waals surface area contributed by atoms with Crippen LogP contribution in [0, 0.1) is 11.8 Å². The highest BCUT2D eigenvalue weighted by atomic mass is 16.4. The van der Waals surface area contributed by atoms with Gasteiger partial charge in [0.1, 0.15) is 0 Å². The molecule has 0 aromatic rings. The van der Waals surface area contributed by atoms with Crippen LogP contribution in [0.4, 0.5) is 4.79 Å². The first-order chi connectivity index (χ1) is 8.08. The molecule has 5 nitrogen and oxygen atoms in total. The van der Waals surface area contributed by atoms with E-state index >= 15 is 0 Å². The van der Waals surface area contributed by atoms with E-state index in [1.54, 1.807) is 4.90 Å². The van der Waals surface area contributed by atoms with Crippen molar-refractivity contribution in [3.63, 3.8) is 0 Å². The maximum absolute atomic E-state index is 11.9. The Morgan fingerprint density at radius 2 is 2.06 bits per heavy atom. The zero-order valence-corrected chi connectivity index (χ0v) is 10.2. The van der Waals surface area contributed by atoms with Gasteiger partial charge in [-0.05, 0) is 38.5 Å². The molecule has 2 amide bonds. The van der Waals surface area contributed by atoms with Crippen molar-refractivity contribution in [1.82, 2.24) is 10.2 Å². The van der Waals surface area contributed by atoms with Gasteiger partial charge >= 0.3 is 12.0 Å². The molecule has 1 saturated heterocycles. The van der Waals surface area contributed by atoms with Gasteiger partial charge in [-0.1, -0.05) is 0 Å². The molecule has 1 aliphatic heterocycles. The minimum absolute atomic E-state index is 0.102. The average Bonchev–Trinajstić information content (AvgIpc) is 3.12. The van der Waals surface area contributed by atoms with E-state index in [0.29, 0.717) is 25.4 Å². The second kappa shape index (κ2) is 4.94. The van der Waals surface area contributed by atoms with E-state index in [4.69, 9.17) is 5.11 Å². The van der Waals surface area contributed by atoms with Gasteiger partial charge in [0, 0.05) is 19.1 Å². The van der Waals surface area contributed by atoms with Gasteiger partial charge in [-0.15, -0.1) is 0 Å². The van der Waals surface area contributed by atoms with Gasteiger partial charge in [-0.2, -0.15) is 0 Å². The van der Waals surface area contributed by atoms with E-state index in [1.165, 1.54) is 12.8 Å². The van der Waals surface area contributed by atoms with Crippen LogP contribution in [0.1, 0.15) is 32.6 Å². The third-order valence-corrected chi connectivity index (χ3v) is 3.74. The summed E-state index contributed by atoms with van der Waals surface area (Å²) in [5.41, 5.74) is 0. The lowest BCUT2D eigenvalue weighted by atomic mass is 9.99. The molecule has 5 heteroatoms. The summed E-state index contributed by atoms with van der Waals surface area (Å²) in [6, 6.07) is 0.114. The van der Waals surface area contributed by atoms with Crippen molar-refractivity contribution in [2.45, 2.75) is 38.6 Å². The number of amides is 2. The molecule has 2 atom stereocenters. The number of carbonyl (C=O) groups is 2. The molecule has 0 aromatic carbocycles. The summed E-state index contributed by atoms with van der Waals surface area (Å²) in [7, 11) is 0. The molecule has 0 radical (unpaired) electrons. The van der Waals surface area contributed by atoms with Crippen LogP contribution in [-0.4, -0.2) is 41.1 Å². The van der Waals surface area contributed by atoms with Crippen molar-refractivity contribution in [2.75, 3.05) is 13.1 Å². The molecule has 1 saturated carbocycles. The van der Waals surface area contributed by atoms with Crippen LogP contribution < -0.4 is 5.32 Å². The molecule has 0 spiro atoms. The maximum atomic E-state index is 11.9. The summed E-state index contributed by atoms with van der Waals surface area (Å²) in [5, 5.41) is 11.9. The second-order valence-corrected chi connectivity index (χ2v) is 5.20. The predicted octanol–water partition coefficient (Wildman–Crippen LogP) is 1.29. The van der Waals surface area contributed by atoms with Gasteiger partial charge in [-0.25, -0.2) is 4.79 Å². The molecule has 1 aliphatic carbocycles. The van der Waals surface area contributed by atoms with E-state index in [9.17, 15) is 9.59 Å². The molecule has 1 unspecified atom stereocenters. The Morgan fingerprint density at radius 1 is 1.35 bits per heavy atom. The van der Waals surface area contributed by atoms with E-state index < -0.39 is 11.9 Å². The lowest BCUT2D eigenvalue weighted by Crippen LogP contribution is -2.49. The maximum Gasteiger partial charge on any atom is 0.317 e. The van der Waals surface area contributed by atoms with Crippen LogP contribution >= 0.6 is 0 Å². The largest absolute Gasteiger partial charge is 0.481 e. The molecular weight excluding hydrogens is 220 g/mol. The Morgan fingerprint density at radius 3 is 2.65 bits per heavy atom. The number of rotatable bonds is 3. The summed E-state index contributed by atoms with van der Waals surface area (Å²) in [5.74, 6) is -0.567. The summed E-state index contributed by atoms with van der Waals surface area (Å²) >= 11 is 0. The van der Waals surface area contributed by atoms with Gasteiger partial charge in [0.25, 0.3) is 0 Å². The Balaban J connectivity index is 1.83. The molecule has 2 fully saturated rings. The van der Waals surface area contributed by atoms with Crippen LogP contribution in [0.15, 0.2) is 0 Å². The van der Waals surface area contributed by atoms with Crippen LogP contribution in [0.2, 0.25) is 0 Å². The first-order valence-corrected chi connectivity index (χ1v) is 6.36. The number of likely N-dealkylation sites (tertiary alicyclic amines) is 1. The number of piperidine rings is 1. The summed E-state index contributed by atoms with van der Waals surface area (Å²) in [6.45, 7) is 3.04. The normalized spacial score (nSPS) is 26.4. The molecule has 0 bridgehead atoms. The van der Waals surface area contributed by atoms with Gasteiger partial charge in [-0.3, -0.25) is 4.79 Å². The molecule has 0 aromatic heterocycles. The first-order valence-electron chi connectivity index (χ1n) is 6.36. The number of hydrogen-bond acceptors (Lipinski definition) is 2. The number of aliphatic carboxylic acids is 1. The molecule has 1 heterocycles. The molecule has 96 valence electrons. The van der Waals surface area contributed by atoms with Gasteiger partial charge in [0.2, 0.25) is 0 Å². The van der Waals surface area contributed by atoms with Gasteiger partial charge in [0.05, 0.1) is 5.92 Å². The molecule has 2 aliphatic rings. The minimum Gasteiger partial charge on any atom is -0.481 e. The fourth-order valence-corrected chi connectivity index (χ4v) is 2.36. The third-order valence-electron chi connectivity index (χ3n) is 3.74. The SMILES string of the molecule is CC(NC(=O)N1CCC[C@H](C(=O)O)C1)C1CC1. The van der Waals surface area contributed by atoms with E-state index in [0.717, 1.165) is 6.42 Å². The number of hydrogen-bond donors (Lipinski definition) is 2. The third kappa shape index (κ3) is 3.11. The van der Waals surface area contributed by atoms with Crippen molar-refractivity contribution < 1.29 is 14.7 Å². The lowest BCUT2D eigenvalue weighted by molar-refractivity contribution is -0.143. The van der Waals surface area contributed by atoms with Crippen LogP contribution in [0.5, 0.6) is 0 Å². The Hall–Kier alpha value is -1.26. The quantitative estimate of drug-likeness (QED) is 0.781. The molecular formula is C12H20N2O3. The van der Waals surface area contributed by atoms with Crippen molar-refractivity contribution in [3.05, 3.63) is 0 Å². The fourth-order valence-electron chi connectivity index (χ4n) is 2.36. The fraction of sp³-hybridized carbons (Fsp3) is 0.833. The highest BCUT2D eigenvalue weighted by molar-refractivity contribution is 5.76. The predicted molar refractivity (Wildman–Crippen MR) is 62.7 cm³/mol. The van der Waals surface area contributed by atoms with Gasteiger partial charge in [0.15, 0.2) is 0 Å². The zero-order chi connectivity index (χ0) is 12.4. The lowest BCUT2D eigenvalue weighted by Gasteiger charge is -2.31. The summed E-state index contributed by atoms with van der Waals surface area (Å²) < 4.78 is 0. The average molecular weight is 240 g/mol. The van der Waals surface area contributed by atoms with Crippen LogP contribution in [-0.2, 0) is 4.79 Å². The molecule has 17 heavy (non-hydrogen) atoms. The van der Waals surface area contributed by atoms with E-state index in [-0.39, 0.29) is 12.1 Å². The number of carboxylic acids is 1. The summed E-state index contributed by atoms with van der Waals surface area (Å²) in [4.78, 5) is 24.5. The topological polar surface area (TPSA) is 69.6 Å². The highest BCUT2D eigenvalue weighted by Gasteiger charge is 2.32. The Kier molecular flexibility index (Phi) is 3.54. The first kappa shape index (κ1) is 12.2. The molecule has 2 rings (SSSR count). The van der Waals surface area contributed by atoms with E-state index in [1.807, 2.05) is 6.92 Å². The number of urea groups is 1. The Bertz CT molecular complexity index is 315. The molecule has 2 N–H and O–H groups in total. The standard InChI is InChI=1S/C12H20N2O3/c1-8(9-4-5-9)13-12(17)14-6-2-3-10(7-14)11(15)16/h8-10H,2-7H2,1H3,(H,13,17)(H,15,16)/t8?,10-/m0/s1. The second-order valence-electron chi connectivity index (χ2n) is 5.20. The van der Waals surface area contributed by atoms with Crippen LogP contribution in [0.3, 0.4) is 0 Å². The number of nitrogens with one attached hydrogen (secondary N) is 1. The number of nitrogens with zero attached hydrogens (tertiary/aromatic N) is 1. The smallest absolute Gasteiger partial charge is 0.317 e. The Labute approximate surface area is 101 Å². The number of carboxylic acid groups (broad SMARTS) is 1. The monoisotopic (exact) mass is 240 g/mol. The van der Waals surface area contributed by atoms with Gasteiger partial charge < -0.3 is 15.3 Å². The van der Waals surface area contributed by atoms with Crippen LogP contribution in [0.25, 0.3) is 0 Å².